The molecule has 0 aliphatic heterocycles. The molecular weight excluding hydrogens is 216 g/mol. The van der Waals surface area contributed by atoms with E-state index in [0.29, 0.717) is 6.54 Å². The van der Waals surface area contributed by atoms with E-state index in [0.717, 1.165) is 19.4 Å². The quantitative estimate of drug-likeness (QED) is 0.679. The molecule has 2 N–H and O–H groups in total. The van der Waals surface area contributed by atoms with Crippen molar-refractivity contribution in [2.45, 2.75) is 32.7 Å². The molecule has 0 saturated carbocycles. The normalized spacial score (nSPS) is 12.4. The SMILES string of the molecule is CCC(C)NC(=O)CNCCc1ccnn1C. The Balaban J connectivity index is 2.12. The zero-order chi connectivity index (χ0) is 12.7. The number of aryl methyl sites for hydroxylation is 1. The largest absolute Gasteiger partial charge is 0.353 e. The zero-order valence-corrected chi connectivity index (χ0v) is 10.9. The molecule has 1 unspecified atom stereocenters. The lowest BCUT2D eigenvalue weighted by molar-refractivity contribution is -0.120. The standard InChI is InChI=1S/C12H22N4O/c1-4-10(2)15-12(17)9-13-7-5-11-6-8-14-16(11)3/h6,8,10,13H,4-5,7,9H2,1-3H3,(H,15,17). The number of amides is 1. The van der Waals surface area contributed by atoms with E-state index in [2.05, 4.69) is 22.7 Å². The Hall–Kier alpha value is -1.36. The van der Waals surface area contributed by atoms with Crippen molar-refractivity contribution >= 4 is 5.91 Å². The first-order valence-corrected chi connectivity index (χ1v) is 6.10. The van der Waals surface area contributed by atoms with Gasteiger partial charge in [-0.15, -0.1) is 0 Å². The van der Waals surface area contributed by atoms with Crippen LogP contribution in [-0.4, -0.2) is 34.8 Å². The van der Waals surface area contributed by atoms with E-state index in [9.17, 15) is 4.79 Å². The van der Waals surface area contributed by atoms with Gasteiger partial charge in [0.1, 0.15) is 0 Å². The number of aromatic nitrogens is 2. The number of carbonyl (C=O) groups excluding carboxylic acids is 1. The minimum Gasteiger partial charge on any atom is -0.353 e. The van der Waals surface area contributed by atoms with Crippen molar-refractivity contribution < 1.29 is 4.79 Å². The van der Waals surface area contributed by atoms with Gasteiger partial charge in [0.05, 0.1) is 6.54 Å². The topological polar surface area (TPSA) is 59.0 Å². The summed E-state index contributed by atoms with van der Waals surface area (Å²) in [5, 5.41) is 10.1. The van der Waals surface area contributed by atoms with E-state index >= 15 is 0 Å². The highest BCUT2D eigenvalue weighted by molar-refractivity contribution is 5.78. The molecule has 96 valence electrons. The van der Waals surface area contributed by atoms with Crippen molar-refractivity contribution in [3.8, 4) is 0 Å². The number of hydrogen-bond donors (Lipinski definition) is 2. The van der Waals surface area contributed by atoms with Gasteiger partial charge in [-0.3, -0.25) is 9.48 Å². The van der Waals surface area contributed by atoms with Crippen LogP contribution < -0.4 is 10.6 Å². The summed E-state index contributed by atoms with van der Waals surface area (Å²) in [6.45, 7) is 5.23. The predicted molar refractivity (Wildman–Crippen MR) is 67.7 cm³/mol. The molecule has 1 aromatic rings. The molecule has 5 heteroatoms. The fraction of sp³-hybridized carbons (Fsp3) is 0.667. The zero-order valence-electron chi connectivity index (χ0n) is 10.9. The first-order valence-electron chi connectivity index (χ1n) is 6.10. The van der Waals surface area contributed by atoms with Gasteiger partial charge in [0.2, 0.25) is 5.91 Å². The Morgan fingerprint density at radius 1 is 1.59 bits per heavy atom. The molecule has 0 spiro atoms. The van der Waals surface area contributed by atoms with E-state index in [1.165, 1.54) is 5.69 Å². The second-order valence-corrected chi connectivity index (χ2v) is 4.25. The fourth-order valence-electron chi connectivity index (χ4n) is 1.49. The van der Waals surface area contributed by atoms with Crippen molar-refractivity contribution in [2.24, 2.45) is 7.05 Å². The van der Waals surface area contributed by atoms with Gasteiger partial charge in [-0.25, -0.2) is 0 Å². The highest BCUT2D eigenvalue weighted by Gasteiger charge is 2.04. The summed E-state index contributed by atoms with van der Waals surface area (Å²) in [5.41, 5.74) is 1.17. The number of nitrogens with zero attached hydrogens (tertiary/aromatic N) is 2. The van der Waals surface area contributed by atoms with Crippen molar-refractivity contribution in [3.05, 3.63) is 18.0 Å². The fourth-order valence-corrected chi connectivity index (χ4v) is 1.49. The van der Waals surface area contributed by atoms with Gasteiger partial charge < -0.3 is 10.6 Å². The molecule has 0 aliphatic carbocycles. The van der Waals surface area contributed by atoms with Gasteiger partial charge in [0, 0.05) is 37.9 Å². The molecule has 0 radical (unpaired) electrons. The Bertz CT molecular complexity index is 348. The van der Waals surface area contributed by atoms with Gasteiger partial charge >= 0.3 is 0 Å². The third-order valence-electron chi connectivity index (χ3n) is 2.79. The number of rotatable bonds is 7. The van der Waals surface area contributed by atoms with Gasteiger partial charge in [-0.2, -0.15) is 5.10 Å². The predicted octanol–water partition coefficient (Wildman–Crippen LogP) is 0.467. The van der Waals surface area contributed by atoms with Crippen molar-refractivity contribution in [1.82, 2.24) is 20.4 Å². The summed E-state index contributed by atoms with van der Waals surface area (Å²) >= 11 is 0. The second kappa shape index (κ2) is 7.06. The summed E-state index contributed by atoms with van der Waals surface area (Å²) in [6, 6.07) is 2.24. The third kappa shape index (κ3) is 4.99. The van der Waals surface area contributed by atoms with E-state index in [1.54, 1.807) is 6.20 Å². The van der Waals surface area contributed by atoms with Crippen LogP contribution >= 0.6 is 0 Å². The number of hydrogen-bond acceptors (Lipinski definition) is 3. The Kier molecular flexibility index (Phi) is 5.69. The minimum absolute atomic E-state index is 0.0596. The van der Waals surface area contributed by atoms with Crippen LogP contribution in [0.1, 0.15) is 26.0 Å². The summed E-state index contributed by atoms with van der Waals surface area (Å²) < 4.78 is 1.85. The maximum Gasteiger partial charge on any atom is 0.234 e. The molecule has 1 atom stereocenters. The summed E-state index contributed by atoms with van der Waals surface area (Å²) in [7, 11) is 1.92. The van der Waals surface area contributed by atoms with E-state index in [4.69, 9.17) is 0 Å². The van der Waals surface area contributed by atoms with Crippen molar-refractivity contribution in [1.29, 1.82) is 0 Å². The lowest BCUT2D eigenvalue weighted by atomic mass is 10.2. The molecule has 0 saturated heterocycles. The Morgan fingerprint density at radius 3 is 2.94 bits per heavy atom. The number of carbonyl (C=O) groups is 1. The van der Waals surface area contributed by atoms with Crippen LogP contribution in [0.5, 0.6) is 0 Å². The van der Waals surface area contributed by atoms with Crippen LogP contribution in [0.2, 0.25) is 0 Å². The maximum atomic E-state index is 11.4. The molecule has 0 bridgehead atoms. The summed E-state index contributed by atoms with van der Waals surface area (Å²) in [4.78, 5) is 11.4. The van der Waals surface area contributed by atoms with Crippen LogP contribution in [0.25, 0.3) is 0 Å². The second-order valence-electron chi connectivity index (χ2n) is 4.25. The first kappa shape index (κ1) is 13.7. The van der Waals surface area contributed by atoms with E-state index in [1.807, 2.05) is 24.7 Å². The smallest absolute Gasteiger partial charge is 0.234 e. The van der Waals surface area contributed by atoms with Gasteiger partial charge in [0.25, 0.3) is 0 Å². The van der Waals surface area contributed by atoms with Crippen LogP contribution in [0, 0.1) is 0 Å². The lowest BCUT2D eigenvalue weighted by Crippen LogP contribution is -2.39. The molecular formula is C12H22N4O. The molecule has 0 aliphatic rings. The van der Waals surface area contributed by atoms with Gasteiger partial charge in [-0.05, 0) is 19.4 Å². The summed E-state index contributed by atoms with van der Waals surface area (Å²) in [6.07, 6.45) is 3.62. The van der Waals surface area contributed by atoms with E-state index in [-0.39, 0.29) is 11.9 Å². The highest BCUT2D eigenvalue weighted by atomic mass is 16.1. The molecule has 1 aromatic heterocycles. The Labute approximate surface area is 103 Å². The highest BCUT2D eigenvalue weighted by Crippen LogP contribution is 1.95. The lowest BCUT2D eigenvalue weighted by Gasteiger charge is -2.11. The Morgan fingerprint density at radius 2 is 2.35 bits per heavy atom. The van der Waals surface area contributed by atoms with Crippen molar-refractivity contribution in [3.63, 3.8) is 0 Å². The minimum atomic E-state index is 0.0596. The molecule has 1 heterocycles. The van der Waals surface area contributed by atoms with Gasteiger partial charge in [0.15, 0.2) is 0 Å². The van der Waals surface area contributed by atoms with Crippen LogP contribution in [-0.2, 0) is 18.3 Å². The maximum absolute atomic E-state index is 11.4. The molecule has 5 nitrogen and oxygen atoms in total. The van der Waals surface area contributed by atoms with Crippen LogP contribution in [0.3, 0.4) is 0 Å². The monoisotopic (exact) mass is 238 g/mol. The average molecular weight is 238 g/mol. The molecule has 0 fully saturated rings. The first-order chi connectivity index (χ1) is 8.13. The van der Waals surface area contributed by atoms with Gasteiger partial charge in [-0.1, -0.05) is 6.92 Å². The van der Waals surface area contributed by atoms with Crippen LogP contribution in [0.4, 0.5) is 0 Å². The van der Waals surface area contributed by atoms with Crippen molar-refractivity contribution in [2.75, 3.05) is 13.1 Å². The van der Waals surface area contributed by atoms with Crippen LogP contribution in [0.15, 0.2) is 12.3 Å². The molecule has 0 aromatic carbocycles. The number of nitrogens with one attached hydrogen (secondary N) is 2. The molecule has 1 rings (SSSR count). The average Bonchev–Trinajstić information content (AvgIpc) is 2.70. The molecule has 17 heavy (non-hydrogen) atoms. The molecule has 1 amide bonds. The van der Waals surface area contributed by atoms with E-state index < -0.39 is 0 Å². The third-order valence-corrected chi connectivity index (χ3v) is 2.79. The summed E-state index contributed by atoms with van der Waals surface area (Å²) in [5.74, 6) is 0.0596.